The normalized spacial score (nSPS) is 11.3. The molecule has 0 bridgehead atoms. The maximum Gasteiger partial charge on any atom is 0.178 e. The summed E-state index contributed by atoms with van der Waals surface area (Å²) in [6.45, 7) is 1.46. The van der Waals surface area contributed by atoms with Crippen LogP contribution in [0.15, 0.2) is 24.5 Å². The summed E-state index contributed by atoms with van der Waals surface area (Å²) >= 11 is 7.27. The van der Waals surface area contributed by atoms with Gasteiger partial charge in [-0.05, 0) is 47.3 Å². The van der Waals surface area contributed by atoms with Crippen molar-refractivity contribution >= 4 is 45.8 Å². The molecule has 0 atom stereocenters. The van der Waals surface area contributed by atoms with Crippen molar-refractivity contribution in [2.45, 2.75) is 19.5 Å². The molecule has 0 amide bonds. The Labute approximate surface area is 132 Å². The molecular formula is C12H11FIN5S. The highest BCUT2D eigenvalue weighted by atomic mass is 127. The predicted molar refractivity (Wildman–Crippen MR) is 84.4 cm³/mol. The lowest BCUT2D eigenvalue weighted by Gasteiger charge is -2.05. The van der Waals surface area contributed by atoms with Gasteiger partial charge in [-0.25, -0.2) is 4.39 Å². The van der Waals surface area contributed by atoms with Gasteiger partial charge >= 0.3 is 0 Å². The first-order valence-corrected chi connectivity index (χ1v) is 7.55. The number of nitrogens with one attached hydrogen (secondary N) is 1. The molecule has 0 saturated heterocycles. The van der Waals surface area contributed by atoms with Crippen molar-refractivity contribution in [3.63, 3.8) is 0 Å². The number of aromatic amines is 1. The molecule has 0 saturated carbocycles. The number of rotatable bonds is 4. The number of hydrogen-bond acceptors (Lipinski definition) is 3. The van der Waals surface area contributed by atoms with Gasteiger partial charge in [0.05, 0.1) is 20.8 Å². The van der Waals surface area contributed by atoms with E-state index in [4.69, 9.17) is 12.2 Å². The van der Waals surface area contributed by atoms with E-state index < -0.39 is 0 Å². The molecule has 1 aromatic carbocycles. The minimum Gasteiger partial charge on any atom is -0.331 e. The molecule has 0 aliphatic heterocycles. The summed E-state index contributed by atoms with van der Waals surface area (Å²) in [6, 6.07) is 3.30. The van der Waals surface area contributed by atoms with Crippen LogP contribution in [-0.4, -0.2) is 24.5 Å². The molecule has 0 aliphatic rings. The first-order valence-electron chi connectivity index (χ1n) is 6.07. The number of nitrogens with zero attached hydrogens (tertiary/aromatic N) is 4. The third-order valence-electron chi connectivity index (χ3n) is 3.06. The molecule has 3 rings (SSSR count). The molecule has 8 heteroatoms. The van der Waals surface area contributed by atoms with E-state index in [0.717, 1.165) is 24.0 Å². The van der Waals surface area contributed by atoms with Crippen LogP contribution in [0.5, 0.6) is 0 Å². The summed E-state index contributed by atoms with van der Waals surface area (Å²) in [7, 11) is 0. The second kappa shape index (κ2) is 5.60. The Morgan fingerprint density at radius 2 is 2.20 bits per heavy atom. The van der Waals surface area contributed by atoms with Gasteiger partial charge in [0, 0.05) is 25.4 Å². The zero-order chi connectivity index (χ0) is 14.1. The molecule has 0 spiro atoms. The molecule has 2 aromatic heterocycles. The third-order valence-corrected chi connectivity index (χ3v) is 4.21. The Kier molecular flexibility index (Phi) is 3.83. The van der Waals surface area contributed by atoms with Gasteiger partial charge in [0.1, 0.15) is 5.82 Å². The number of halogens is 2. The summed E-state index contributed by atoms with van der Waals surface area (Å²) in [4.78, 5) is 3.11. The minimum atomic E-state index is -0.225. The summed E-state index contributed by atoms with van der Waals surface area (Å²) < 4.78 is 18.6. The fourth-order valence-corrected chi connectivity index (χ4v) is 2.88. The van der Waals surface area contributed by atoms with E-state index in [9.17, 15) is 4.39 Å². The zero-order valence-electron chi connectivity index (χ0n) is 10.4. The molecule has 0 radical (unpaired) electrons. The van der Waals surface area contributed by atoms with Crippen molar-refractivity contribution in [3.8, 4) is 0 Å². The van der Waals surface area contributed by atoms with Gasteiger partial charge in [-0.1, -0.05) is 5.21 Å². The average molecular weight is 403 g/mol. The van der Waals surface area contributed by atoms with Gasteiger partial charge in [0.15, 0.2) is 4.77 Å². The number of H-pyrrole nitrogens is 1. The lowest BCUT2D eigenvalue weighted by molar-refractivity contribution is 0.517. The number of imidazole rings is 1. The molecule has 1 N–H and O–H groups in total. The van der Waals surface area contributed by atoms with Crippen molar-refractivity contribution in [1.29, 1.82) is 0 Å². The summed E-state index contributed by atoms with van der Waals surface area (Å²) in [5, 5.41) is 7.66. The molecule has 20 heavy (non-hydrogen) atoms. The Balaban J connectivity index is 1.85. The Bertz CT molecular complexity index is 792. The third kappa shape index (κ3) is 2.62. The second-order valence-electron chi connectivity index (χ2n) is 4.38. The standard InChI is InChI=1S/C12H11FIN5S/c13-8-6-11-10(7-9(8)14)16-12(20)19(11)4-1-3-18-5-2-15-17-18/h2,5-7H,1,3-4H2,(H,16,20). The van der Waals surface area contributed by atoms with E-state index in [1.807, 2.05) is 33.4 Å². The SMILES string of the molecule is Fc1cc2c(cc1I)[nH]c(=S)n2CCCn1ccnn1. The monoisotopic (exact) mass is 403 g/mol. The molecule has 2 heterocycles. The van der Waals surface area contributed by atoms with E-state index in [1.54, 1.807) is 16.9 Å². The number of aromatic nitrogens is 5. The molecule has 0 aliphatic carbocycles. The second-order valence-corrected chi connectivity index (χ2v) is 5.93. The van der Waals surface area contributed by atoms with Gasteiger partial charge in [-0.15, -0.1) is 5.10 Å². The summed E-state index contributed by atoms with van der Waals surface area (Å²) in [5.74, 6) is -0.225. The van der Waals surface area contributed by atoms with Crippen LogP contribution in [0.2, 0.25) is 0 Å². The van der Waals surface area contributed by atoms with Crippen LogP contribution in [0.1, 0.15) is 6.42 Å². The fourth-order valence-electron chi connectivity index (χ4n) is 2.12. The van der Waals surface area contributed by atoms with Crippen molar-refractivity contribution in [1.82, 2.24) is 24.5 Å². The van der Waals surface area contributed by atoms with Crippen LogP contribution in [0, 0.1) is 14.2 Å². The highest BCUT2D eigenvalue weighted by Crippen LogP contribution is 2.21. The summed E-state index contributed by atoms with van der Waals surface area (Å²) in [6.07, 6.45) is 4.31. The van der Waals surface area contributed by atoms with Gasteiger partial charge in [0.2, 0.25) is 0 Å². The number of aryl methyl sites for hydroxylation is 2. The van der Waals surface area contributed by atoms with Crippen LogP contribution < -0.4 is 0 Å². The van der Waals surface area contributed by atoms with E-state index in [0.29, 0.717) is 14.9 Å². The molecular weight excluding hydrogens is 392 g/mol. The first kappa shape index (κ1) is 13.7. The van der Waals surface area contributed by atoms with Crippen LogP contribution in [0.25, 0.3) is 11.0 Å². The van der Waals surface area contributed by atoms with Gasteiger partial charge < -0.3 is 9.55 Å². The van der Waals surface area contributed by atoms with E-state index in [2.05, 4.69) is 15.3 Å². The van der Waals surface area contributed by atoms with Crippen LogP contribution in [0.4, 0.5) is 4.39 Å². The topological polar surface area (TPSA) is 51.4 Å². The van der Waals surface area contributed by atoms with Gasteiger partial charge in [-0.3, -0.25) is 4.68 Å². The van der Waals surface area contributed by atoms with Crippen molar-refractivity contribution in [3.05, 3.63) is 38.7 Å². The predicted octanol–water partition coefficient (Wildman–Crippen LogP) is 3.12. The molecule has 0 unspecified atom stereocenters. The maximum absolute atomic E-state index is 13.7. The van der Waals surface area contributed by atoms with Gasteiger partial charge in [0.25, 0.3) is 0 Å². The van der Waals surface area contributed by atoms with Crippen LogP contribution in [-0.2, 0) is 13.1 Å². The van der Waals surface area contributed by atoms with E-state index in [-0.39, 0.29) is 5.82 Å². The molecule has 5 nitrogen and oxygen atoms in total. The van der Waals surface area contributed by atoms with Crippen molar-refractivity contribution < 1.29 is 4.39 Å². The lowest BCUT2D eigenvalue weighted by atomic mass is 10.3. The number of hydrogen-bond donors (Lipinski definition) is 1. The minimum absolute atomic E-state index is 0.225. The quantitative estimate of drug-likeness (QED) is 0.538. The van der Waals surface area contributed by atoms with Crippen LogP contribution >= 0.6 is 34.8 Å². The smallest absolute Gasteiger partial charge is 0.178 e. The molecule has 3 aromatic rings. The Hall–Kier alpha value is -1.29. The molecule has 104 valence electrons. The molecule has 0 fully saturated rings. The Morgan fingerprint density at radius 3 is 2.95 bits per heavy atom. The highest BCUT2D eigenvalue weighted by Gasteiger charge is 2.08. The fraction of sp³-hybridized carbons (Fsp3) is 0.250. The first-order chi connectivity index (χ1) is 9.65. The number of fused-ring (bicyclic) bond motifs is 1. The largest absolute Gasteiger partial charge is 0.331 e. The highest BCUT2D eigenvalue weighted by molar-refractivity contribution is 14.1. The average Bonchev–Trinajstić information content (AvgIpc) is 3.01. The summed E-state index contributed by atoms with van der Waals surface area (Å²) in [5.41, 5.74) is 1.66. The van der Waals surface area contributed by atoms with Crippen molar-refractivity contribution in [2.75, 3.05) is 0 Å². The zero-order valence-corrected chi connectivity index (χ0v) is 13.4. The van der Waals surface area contributed by atoms with E-state index >= 15 is 0 Å². The Morgan fingerprint density at radius 1 is 1.35 bits per heavy atom. The van der Waals surface area contributed by atoms with Crippen LogP contribution in [0.3, 0.4) is 0 Å². The lowest BCUT2D eigenvalue weighted by Crippen LogP contribution is -2.05. The maximum atomic E-state index is 13.7. The number of benzene rings is 1. The van der Waals surface area contributed by atoms with Crippen molar-refractivity contribution in [2.24, 2.45) is 0 Å². The van der Waals surface area contributed by atoms with E-state index in [1.165, 1.54) is 6.07 Å². The van der Waals surface area contributed by atoms with Gasteiger partial charge in [-0.2, -0.15) is 0 Å².